The summed E-state index contributed by atoms with van der Waals surface area (Å²) in [7, 11) is 0. The summed E-state index contributed by atoms with van der Waals surface area (Å²) in [5.41, 5.74) is 1.59. The first-order chi connectivity index (χ1) is 15.7. The van der Waals surface area contributed by atoms with Crippen molar-refractivity contribution in [2.45, 2.75) is 32.9 Å². The Morgan fingerprint density at radius 2 is 1.73 bits per heavy atom. The third-order valence-corrected chi connectivity index (χ3v) is 5.59. The van der Waals surface area contributed by atoms with Crippen LogP contribution in [0.15, 0.2) is 59.5 Å². The number of hydrogen-bond donors (Lipinski definition) is 4. The molecule has 1 aromatic heterocycles. The van der Waals surface area contributed by atoms with Gasteiger partial charge in [0.25, 0.3) is 5.56 Å². The zero-order valence-electron chi connectivity index (χ0n) is 18.1. The lowest BCUT2D eigenvalue weighted by atomic mass is 9.99. The molecular weight excluding hydrogens is 446 g/mol. The van der Waals surface area contributed by atoms with Gasteiger partial charge in [-0.05, 0) is 36.6 Å². The number of aromatic hydroxyl groups is 1. The molecule has 0 unspecified atom stereocenters. The van der Waals surface area contributed by atoms with E-state index in [0.717, 1.165) is 5.56 Å². The van der Waals surface area contributed by atoms with Gasteiger partial charge in [0.1, 0.15) is 5.75 Å². The van der Waals surface area contributed by atoms with Crippen molar-refractivity contribution >= 4 is 29.3 Å². The van der Waals surface area contributed by atoms with Crippen molar-refractivity contribution in [2.75, 3.05) is 5.32 Å². The number of rotatable bonds is 7. The van der Waals surface area contributed by atoms with Gasteiger partial charge < -0.3 is 25.4 Å². The fraction of sp³-hybridized carbons (Fsp3) is 0.208. The first-order valence-electron chi connectivity index (χ1n) is 10.2. The molecule has 1 atom stereocenters. The van der Waals surface area contributed by atoms with Gasteiger partial charge in [0.2, 0.25) is 0 Å². The quantitative estimate of drug-likeness (QED) is 0.413. The third kappa shape index (κ3) is 5.72. The number of carboxylic acid groups (broad SMARTS) is 1. The second kappa shape index (κ2) is 10.2. The number of halogens is 1. The summed E-state index contributed by atoms with van der Waals surface area (Å²) in [5, 5.41) is 25.2. The summed E-state index contributed by atoms with van der Waals surface area (Å²) in [6.45, 7) is 3.55. The van der Waals surface area contributed by atoms with Crippen LogP contribution in [0.2, 0.25) is 5.02 Å². The van der Waals surface area contributed by atoms with Gasteiger partial charge in [-0.15, -0.1) is 0 Å². The van der Waals surface area contributed by atoms with Gasteiger partial charge in [0.05, 0.1) is 19.0 Å². The van der Waals surface area contributed by atoms with Gasteiger partial charge >= 0.3 is 12.0 Å². The number of carboxylic acids is 1. The van der Waals surface area contributed by atoms with Crippen molar-refractivity contribution < 1.29 is 19.8 Å². The van der Waals surface area contributed by atoms with Crippen molar-refractivity contribution in [3.8, 4) is 5.75 Å². The van der Waals surface area contributed by atoms with Crippen LogP contribution in [0.4, 0.5) is 10.5 Å². The fourth-order valence-electron chi connectivity index (χ4n) is 3.53. The molecule has 2 aromatic carbocycles. The second-order valence-electron chi connectivity index (χ2n) is 7.67. The Balaban J connectivity index is 1.88. The molecule has 9 heteroatoms. The Morgan fingerprint density at radius 3 is 2.39 bits per heavy atom. The van der Waals surface area contributed by atoms with E-state index in [9.17, 15) is 24.6 Å². The van der Waals surface area contributed by atoms with Crippen LogP contribution in [-0.4, -0.2) is 26.8 Å². The minimum atomic E-state index is -1.09. The number of anilines is 1. The van der Waals surface area contributed by atoms with E-state index in [1.54, 1.807) is 43.3 Å². The fourth-order valence-corrected chi connectivity index (χ4v) is 3.73. The molecule has 0 aliphatic heterocycles. The summed E-state index contributed by atoms with van der Waals surface area (Å²) in [6.07, 6.45) is 1.12. The number of nitrogens with one attached hydrogen (secondary N) is 2. The molecule has 8 nitrogen and oxygen atoms in total. The summed E-state index contributed by atoms with van der Waals surface area (Å²) in [4.78, 5) is 37.1. The number of aliphatic carboxylic acids is 1. The number of urea groups is 1. The maximum Gasteiger partial charge on any atom is 0.319 e. The SMILES string of the molecule is Cc1ccccc1[C@H](CC(=O)O)NC(=O)Nc1c(O)c(C)cn(Cc2ccccc2Cl)c1=O. The van der Waals surface area contributed by atoms with Crippen LogP contribution >= 0.6 is 11.6 Å². The minimum absolute atomic E-state index is 0.140. The monoisotopic (exact) mass is 469 g/mol. The van der Waals surface area contributed by atoms with Gasteiger partial charge in [0.15, 0.2) is 5.69 Å². The van der Waals surface area contributed by atoms with E-state index < -0.39 is 23.6 Å². The number of aryl methyl sites for hydroxylation is 2. The van der Waals surface area contributed by atoms with Gasteiger partial charge in [-0.25, -0.2) is 4.79 Å². The number of hydrogen-bond acceptors (Lipinski definition) is 4. The van der Waals surface area contributed by atoms with E-state index in [-0.39, 0.29) is 24.4 Å². The van der Waals surface area contributed by atoms with Crippen molar-refractivity contribution in [1.29, 1.82) is 0 Å². The Hall–Kier alpha value is -3.78. The molecular formula is C24H24ClN3O5. The van der Waals surface area contributed by atoms with Crippen molar-refractivity contribution in [1.82, 2.24) is 9.88 Å². The van der Waals surface area contributed by atoms with E-state index in [1.165, 1.54) is 10.8 Å². The van der Waals surface area contributed by atoms with Crippen molar-refractivity contribution in [3.05, 3.63) is 92.4 Å². The van der Waals surface area contributed by atoms with Gasteiger partial charge in [0, 0.05) is 16.8 Å². The van der Waals surface area contributed by atoms with Crippen LogP contribution in [0.1, 0.15) is 34.7 Å². The van der Waals surface area contributed by atoms with Crippen LogP contribution in [0, 0.1) is 13.8 Å². The molecule has 2 amide bonds. The lowest BCUT2D eigenvalue weighted by Crippen LogP contribution is -2.36. The smallest absolute Gasteiger partial charge is 0.319 e. The zero-order valence-corrected chi connectivity index (χ0v) is 18.9. The minimum Gasteiger partial charge on any atom is -0.505 e. The van der Waals surface area contributed by atoms with Gasteiger partial charge in [-0.1, -0.05) is 54.1 Å². The summed E-state index contributed by atoms with van der Waals surface area (Å²) in [5.74, 6) is -1.46. The summed E-state index contributed by atoms with van der Waals surface area (Å²) < 4.78 is 1.34. The number of amides is 2. The lowest BCUT2D eigenvalue weighted by Gasteiger charge is -2.20. The molecule has 3 aromatic rings. The molecule has 0 bridgehead atoms. The molecule has 0 radical (unpaired) electrons. The van der Waals surface area contributed by atoms with E-state index in [2.05, 4.69) is 10.6 Å². The van der Waals surface area contributed by atoms with E-state index in [4.69, 9.17) is 11.6 Å². The number of pyridine rings is 1. The molecule has 0 aliphatic rings. The van der Waals surface area contributed by atoms with Crippen LogP contribution < -0.4 is 16.2 Å². The number of aromatic nitrogens is 1. The van der Waals surface area contributed by atoms with E-state index in [1.807, 2.05) is 19.1 Å². The first kappa shape index (κ1) is 23.9. The Bertz CT molecular complexity index is 1260. The highest BCUT2D eigenvalue weighted by Crippen LogP contribution is 2.25. The maximum absolute atomic E-state index is 13.0. The maximum atomic E-state index is 13.0. The third-order valence-electron chi connectivity index (χ3n) is 5.22. The predicted octanol–water partition coefficient (Wildman–Crippen LogP) is 4.21. The molecule has 172 valence electrons. The molecule has 0 aliphatic carbocycles. The predicted molar refractivity (Wildman–Crippen MR) is 126 cm³/mol. The van der Waals surface area contributed by atoms with Crippen LogP contribution in [0.3, 0.4) is 0 Å². The topological polar surface area (TPSA) is 121 Å². The largest absolute Gasteiger partial charge is 0.505 e. The zero-order chi connectivity index (χ0) is 24.1. The molecule has 4 N–H and O–H groups in total. The Labute approximate surface area is 195 Å². The molecule has 33 heavy (non-hydrogen) atoms. The molecule has 3 rings (SSSR count). The number of benzene rings is 2. The normalized spacial score (nSPS) is 11.6. The summed E-state index contributed by atoms with van der Waals surface area (Å²) >= 11 is 6.20. The Morgan fingerprint density at radius 1 is 1.06 bits per heavy atom. The molecule has 1 heterocycles. The highest BCUT2D eigenvalue weighted by molar-refractivity contribution is 6.31. The van der Waals surface area contributed by atoms with Crippen molar-refractivity contribution in [3.63, 3.8) is 0 Å². The highest BCUT2D eigenvalue weighted by Gasteiger charge is 2.22. The van der Waals surface area contributed by atoms with Gasteiger partial charge in [-0.2, -0.15) is 0 Å². The number of carbonyl (C=O) groups is 2. The molecule has 0 saturated carbocycles. The Kier molecular flexibility index (Phi) is 7.40. The summed E-state index contributed by atoms with van der Waals surface area (Å²) in [6, 6.07) is 12.5. The molecule has 0 fully saturated rings. The van der Waals surface area contributed by atoms with Crippen LogP contribution in [0.25, 0.3) is 0 Å². The van der Waals surface area contributed by atoms with Crippen LogP contribution in [-0.2, 0) is 11.3 Å². The molecule has 0 saturated heterocycles. The first-order valence-corrected chi connectivity index (χ1v) is 10.6. The van der Waals surface area contributed by atoms with E-state index >= 15 is 0 Å². The van der Waals surface area contributed by atoms with Gasteiger partial charge in [-0.3, -0.25) is 9.59 Å². The molecule has 0 spiro atoms. The standard InChI is InChI=1S/C24H24ClN3O5/c1-14-7-3-5-9-17(14)19(11-20(29)30)26-24(33)27-21-22(31)15(2)12-28(23(21)32)13-16-8-4-6-10-18(16)25/h3-10,12,19,31H,11,13H2,1-2H3,(H,29,30)(H2,26,27,33)/t19-/m0/s1. The number of carbonyl (C=O) groups excluding carboxylic acids is 1. The highest BCUT2D eigenvalue weighted by atomic mass is 35.5. The average molecular weight is 470 g/mol. The number of nitrogens with zero attached hydrogens (tertiary/aromatic N) is 1. The second-order valence-corrected chi connectivity index (χ2v) is 8.07. The lowest BCUT2D eigenvalue weighted by molar-refractivity contribution is -0.137. The van der Waals surface area contributed by atoms with E-state index in [0.29, 0.717) is 21.7 Å². The van der Waals surface area contributed by atoms with Crippen molar-refractivity contribution in [2.24, 2.45) is 0 Å². The van der Waals surface area contributed by atoms with Crippen LogP contribution in [0.5, 0.6) is 5.75 Å². The average Bonchev–Trinajstić information content (AvgIpc) is 2.76.